The molecule has 2 aromatic carbocycles. The first-order valence-electron chi connectivity index (χ1n) is 6.10. The summed E-state index contributed by atoms with van der Waals surface area (Å²) in [6.45, 7) is 0. The second-order valence-corrected chi connectivity index (χ2v) is 4.29. The van der Waals surface area contributed by atoms with Crippen molar-refractivity contribution in [3.63, 3.8) is 0 Å². The zero-order valence-electron chi connectivity index (χ0n) is 11.1. The number of Topliss-reactive ketones (excluding diaryl/α,β-unsaturated/α-hetero) is 1. The molecule has 2 aromatic rings. The molecular weight excluding hydrogens is 276 g/mol. The lowest BCUT2D eigenvalue weighted by Gasteiger charge is -2.11. The molecule has 0 saturated carbocycles. The second-order valence-electron chi connectivity index (χ2n) is 4.29. The van der Waals surface area contributed by atoms with Crippen molar-refractivity contribution in [2.75, 3.05) is 7.11 Å². The molecule has 0 aromatic heterocycles. The van der Waals surface area contributed by atoms with Gasteiger partial charge < -0.3 is 4.74 Å². The highest BCUT2D eigenvalue weighted by Gasteiger charge is 2.26. The van der Waals surface area contributed by atoms with E-state index in [0.29, 0.717) is 0 Å². The molecule has 2 rings (SSSR count). The number of carbonyl (C=O) groups is 1. The number of halogens is 2. The number of nitrogens with zero attached hydrogens (tertiary/aromatic N) is 1. The number of ether oxygens (including phenoxy) is 1. The van der Waals surface area contributed by atoms with Crippen LogP contribution < -0.4 is 4.74 Å². The van der Waals surface area contributed by atoms with Gasteiger partial charge in [0.25, 0.3) is 0 Å². The normalized spacial score (nSPS) is 11.5. The van der Waals surface area contributed by atoms with Gasteiger partial charge in [-0.25, -0.2) is 8.78 Å². The van der Waals surface area contributed by atoms with Gasteiger partial charge in [0.05, 0.1) is 18.7 Å². The summed E-state index contributed by atoms with van der Waals surface area (Å²) in [6, 6.07) is 10.9. The number of rotatable bonds is 4. The minimum absolute atomic E-state index is 0.0692. The minimum Gasteiger partial charge on any atom is -0.497 e. The molecule has 106 valence electrons. The fourth-order valence-corrected chi connectivity index (χ4v) is 1.96. The van der Waals surface area contributed by atoms with Crippen LogP contribution in [-0.2, 0) is 0 Å². The van der Waals surface area contributed by atoms with Crippen LogP contribution in [0.1, 0.15) is 21.8 Å². The van der Waals surface area contributed by atoms with Crippen molar-refractivity contribution >= 4 is 5.78 Å². The summed E-state index contributed by atoms with van der Waals surface area (Å²) in [5, 5.41) is 9.14. The Balaban J connectivity index is 2.43. The Morgan fingerprint density at radius 2 is 1.90 bits per heavy atom. The summed E-state index contributed by atoms with van der Waals surface area (Å²) in [7, 11) is 1.37. The molecule has 0 saturated heterocycles. The Kier molecular flexibility index (Phi) is 4.29. The number of carbonyl (C=O) groups excluding carboxylic acids is 1. The van der Waals surface area contributed by atoms with Gasteiger partial charge in [-0.1, -0.05) is 18.2 Å². The van der Waals surface area contributed by atoms with Gasteiger partial charge in [-0.3, -0.25) is 4.79 Å². The van der Waals surface area contributed by atoms with Gasteiger partial charge in [0.2, 0.25) is 0 Å². The third-order valence-corrected chi connectivity index (χ3v) is 3.05. The Bertz CT molecular complexity index is 722. The van der Waals surface area contributed by atoms with Gasteiger partial charge in [0, 0.05) is 11.6 Å². The van der Waals surface area contributed by atoms with Crippen LogP contribution in [0.4, 0.5) is 8.78 Å². The topological polar surface area (TPSA) is 50.1 Å². The molecule has 0 amide bonds. The molecule has 1 atom stereocenters. The van der Waals surface area contributed by atoms with E-state index in [1.165, 1.54) is 37.4 Å². The summed E-state index contributed by atoms with van der Waals surface area (Å²) in [5.74, 6) is -3.41. The lowest BCUT2D eigenvalue weighted by Crippen LogP contribution is -2.14. The van der Waals surface area contributed by atoms with Gasteiger partial charge >= 0.3 is 0 Å². The summed E-state index contributed by atoms with van der Waals surface area (Å²) in [6.07, 6.45) is 0. The maximum absolute atomic E-state index is 13.9. The molecule has 5 heteroatoms. The van der Waals surface area contributed by atoms with Crippen molar-refractivity contribution in [1.82, 2.24) is 0 Å². The number of hydrogen-bond acceptors (Lipinski definition) is 3. The highest BCUT2D eigenvalue weighted by atomic mass is 19.1. The monoisotopic (exact) mass is 287 g/mol. The van der Waals surface area contributed by atoms with Crippen LogP contribution in [0.25, 0.3) is 0 Å². The summed E-state index contributed by atoms with van der Waals surface area (Å²) in [4.78, 5) is 12.3. The van der Waals surface area contributed by atoms with Crippen LogP contribution in [0.2, 0.25) is 0 Å². The third kappa shape index (κ3) is 2.90. The molecule has 3 nitrogen and oxygen atoms in total. The number of ketones is 1. The van der Waals surface area contributed by atoms with Crippen LogP contribution in [0.5, 0.6) is 5.75 Å². The van der Waals surface area contributed by atoms with Gasteiger partial charge in [-0.05, 0) is 18.2 Å². The van der Waals surface area contributed by atoms with Gasteiger partial charge in [0.1, 0.15) is 23.3 Å². The van der Waals surface area contributed by atoms with E-state index in [1.807, 2.05) is 0 Å². The SMILES string of the molecule is COc1ccc(C(=O)C(C#N)c2ccccc2F)c(F)c1. The Morgan fingerprint density at radius 1 is 1.19 bits per heavy atom. The highest BCUT2D eigenvalue weighted by molar-refractivity contribution is 6.03. The predicted octanol–water partition coefficient (Wildman–Crippen LogP) is 3.46. The molecule has 0 aliphatic rings. The zero-order chi connectivity index (χ0) is 15.4. The average molecular weight is 287 g/mol. The van der Waals surface area contributed by atoms with Gasteiger partial charge in [0.15, 0.2) is 5.78 Å². The van der Waals surface area contributed by atoms with E-state index in [-0.39, 0.29) is 16.9 Å². The van der Waals surface area contributed by atoms with Crippen molar-refractivity contribution in [3.05, 3.63) is 65.2 Å². The van der Waals surface area contributed by atoms with E-state index in [0.717, 1.165) is 12.1 Å². The molecule has 0 aliphatic carbocycles. The van der Waals surface area contributed by atoms with E-state index in [1.54, 1.807) is 6.07 Å². The second kappa shape index (κ2) is 6.14. The van der Waals surface area contributed by atoms with Crippen LogP contribution >= 0.6 is 0 Å². The van der Waals surface area contributed by atoms with Crippen LogP contribution in [0.3, 0.4) is 0 Å². The Morgan fingerprint density at radius 3 is 2.48 bits per heavy atom. The van der Waals surface area contributed by atoms with Crippen LogP contribution in [-0.4, -0.2) is 12.9 Å². The van der Waals surface area contributed by atoms with Crippen molar-refractivity contribution in [2.24, 2.45) is 0 Å². The fraction of sp³-hybridized carbons (Fsp3) is 0.125. The van der Waals surface area contributed by atoms with Crippen molar-refractivity contribution in [2.45, 2.75) is 5.92 Å². The molecule has 0 heterocycles. The van der Waals surface area contributed by atoms with E-state index in [9.17, 15) is 13.6 Å². The van der Waals surface area contributed by atoms with Crippen molar-refractivity contribution in [1.29, 1.82) is 5.26 Å². The molecule has 1 unspecified atom stereocenters. The predicted molar refractivity (Wildman–Crippen MR) is 72.0 cm³/mol. The van der Waals surface area contributed by atoms with E-state index in [4.69, 9.17) is 10.00 Å². The molecule has 21 heavy (non-hydrogen) atoms. The largest absolute Gasteiger partial charge is 0.497 e. The lowest BCUT2D eigenvalue weighted by atomic mass is 9.91. The first kappa shape index (κ1) is 14.7. The third-order valence-electron chi connectivity index (χ3n) is 3.05. The smallest absolute Gasteiger partial charge is 0.187 e. The molecular formula is C16H11F2NO2. The summed E-state index contributed by atoms with van der Waals surface area (Å²) < 4.78 is 32.4. The zero-order valence-corrected chi connectivity index (χ0v) is 11.1. The molecule has 0 bridgehead atoms. The molecule has 0 spiro atoms. The van der Waals surface area contributed by atoms with Crippen molar-refractivity contribution < 1.29 is 18.3 Å². The molecule has 0 N–H and O–H groups in total. The minimum atomic E-state index is -1.39. The van der Waals surface area contributed by atoms with Crippen molar-refractivity contribution in [3.8, 4) is 11.8 Å². The quantitative estimate of drug-likeness (QED) is 0.809. The molecule has 0 fully saturated rings. The first-order chi connectivity index (χ1) is 10.1. The van der Waals surface area contributed by atoms with E-state index < -0.39 is 23.3 Å². The number of benzene rings is 2. The fourth-order valence-electron chi connectivity index (χ4n) is 1.96. The van der Waals surface area contributed by atoms with Crippen LogP contribution in [0, 0.1) is 23.0 Å². The maximum Gasteiger partial charge on any atom is 0.187 e. The number of nitriles is 1. The van der Waals surface area contributed by atoms with Crippen LogP contribution in [0.15, 0.2) is 42.5 Å². The maximum atomic E-state index is 13.9. The molecule has 0 radical (unpaired) electrons. The standard InChI is InChI=1S/C16H11F2NO2/c1-21-10-6-7-12(15(18)8-10)16(20)13(9-19)11-4-2-3-5-14(11)17/h2-8,13H,1H3. The Labute approximate surface area is 120 Å². The first-order valence-corrected chi connectivity index (χ1v) is 6.10. The number of methoxy groups -OCH3 is 1. The highest BCUT2D eigenvalue weighted by Crippen LogP contribution is 2.25. The average Bonchev–Trinajstić information content (AvgIpc) is 2.49. The Hall–Kier alpha value is -2.74. The van der Waals surface area contributed by atoms with Gasteiger partial charge in [-0.15, -0.1) is 0 Å². The van der Waals surface area contributed by atoms with Gasteiger partial charge in [-0.2, -0.15) is 5.26 Å². The van der Waals surface area contributed by atoms with E-state index in [2.05, 4.69) is 0 Å². The molecule has 0 aliphatic heterocycles. The van der Waals surface area contributed by atoms with E-state index >= 15 is 0 Å². The summed E-state index contributed by atoms with van der Waals surface area (Å²) >= 11 is 0. The lowest BCUT2D eigenvalue weighted by molar-refractivity contribution is 0.0973. The summed E-state index contributed by atoms with van der Waals surface area (Å²) in [5.41, 5.74) is -0.342. The number of hydrogen-bond donors (Lipinski definition) is 0.